The van der Waals surface area contributed by atoms with Gasteiger partial charge in [-0.25, -0.2) is 9.59 Å². The number of piperidine rings is 1. The number of carbonyl (C=O) groups is 2. The predicted molar refractivity (Wildman–Crippen MR) is 64.8 cm³/mol. The third kappa shape index (κ3) is 3.91. The second kappa shape index (κ2) is 5.89. The van der Waals surface area contributed by atoms with Crippen LogP contribution in [0, 0.1) is 11.8 Å². The van der Waals surface area contributed by atoms with Crippen LogP contribution in [-0.4, -0.2) is 41.1 Å². The van der Waals surface area contributed by atoms with Crippen LogP contribution in [-0.2, 0) is 4.79 Å². The SMILES string of the molecule is CCC(NC(=O)N1CC(C)CC(C)C1)C(=O)O. The number of amides is 2. The molecule has 0 aromatic heterocycles. The van der Waals surface area contributed by atoms with E-state index in [2.05, 4.69) is 19.2 Å². The van der Waals surface area contributed by atoms with E-state index in [0.29, 0.717) is 31.3 Å². The van der Waals surface area contributed by atoms with Crippen molar-refractivity contribution in [2.75, 3.05) is 13.1 Å². The van der Waals surface area contributed by atoms with E-state index in [1.807, 2.05) is 0 Å². The maximum atomic E-state index is 11.9. The molecule has 3 atom stereocenters. The molecule has 1 aliphatic rings. The van der Waals surface area contributed by atoms with Gasteiger partial charge in [-0.1, -0.05) is 20.8 Å². The van der Waals surface area contributed by atoms with Crippen molar-refractivity contribution in [1.82, 2.24) is 10.2 Å². The van der Waals surface area contributed by atoms with Gasteiger partial charge in [-0.05, 0) is 24.7 Å². The highest BCUT2D eigenvalue weighted by molar-refractivity contribution is 5.82. The normalized spacial score (nSPS) is 26.4. The van der Waals surface area contributed by atoms with Gasteiger partial charge in [0.1, 0.15) is 6.04 Å². The first-order chi connectivity index (χ1) is 7.93. The molecule has 98 valence electrons. The highest BCUT2D eigenvalue weighted by atomic mass is 16.4. The van der Waals surface area contributed by atoms with E-state index in [1.54, 1.807) is 11.8 Å². The first-order valence-corrected chi connectivity index (χ1v) is 6.22. The Kier molecular flexibility index (Phi) is 4.78. The molecule has 0 radical (unpaired) electrons. The zero-order valence-corrected chi connectivity index (χ0v) is 10.8. The summed E-state index contributed by atoms with van der Waals surface area (Å²) < 4.78 is 0. The Balaban J connectivity index is 2.54. The first-order valence-electron chi connectivity index (χ1n) is 6.22. The van der Waals surface area contributed by atoms with Crippen LogP contribution in [0.4, 0.5) is 4.79 Å². The largest absolute Gasteiger partial charge is 0.480 e. The summed E-state index contributed by atoms with van der Waals surface area (Å²) in [6.45, 7) is 7.41. The Labute approximate surface area is 102 Å². The molecular formula is C12H22N2O3. The fourth-order valence-corrected chi connectivity index (χ4v) is 2.41. The van der Waals surface area contributed by atoms with Crippen molar-refractivity contribution in [3.63, 3.8) is 0 Å². The van der Waals surface area contributed by atoms with Gasteiger partial charge >= 0.3 is 12.0 Å². The van der Waals surface area contributed by atoms with Gasteiger partial charge in [0.15, 0.2) is 0 Å². The summed E-state index contributed by atoms with van der Waals surface area (Å²) in [4.78, 5) is 24.5. The molecule has 2 N–H and O–H groups in total. The number of nitrogens with one attached hydrogen (secondary N) is 1. The fourth-order valence-electron chi connectivity index (χ4n) is 2.41. The van der Waals surface area contributed by atoms with Gasteiger partial charge < -0.3 is 15.3 Å². The minimum absolute atomic E-state index is 0.252. The smallest absolute Gasteiger partial charge is 0.326 e. The molecule has 0 spiro atoms. The molecule has 17 heavy (non-hydrogen) atoms. The first kappa shape index (κ1) is 13.8. The maximum Gasteiger partial charge on any atom is 0.326 e. The number of carboxylic acids is 1. The van der Waals surface area contributed by atoms with Gasteiger partial charge in [-0.2, -0.15) is 0 Å². The summed E-state index contributed by atoms with van der Waals surface area (Å²) in [5.41, 5.74) is 0. The summed E-state index contributed by atoms with van der Waals surface area (Å²) in [5.74, 6) is -0.0113. The number of carboxylic acid groups (broad SMARTS) is 1. The lowest BCUT2D eigenvalue weighted by Crippen LogP contribution is -2.51. The van der Waals surface area contributed by atoms with E-state index in [1.165, 1.54) is 0 Å². The summed E-state index contributed by atoms with van der Waals surface area (Å²) in [7, 11) is 0. The Morgan fingerprint density at radius 2 is 1.88 bits per heavy atom. The van der Waals surface area contributed by atoms with Crippen LogP contribution >= 0.6 is 0 Å². The molecule has 1 rings (SSSR count). The van der Waals surface area contributed by atoms with E-state index in [0.717, 1.165) is 6.42 Å². The molecule has 0 aromatic carbocycles. The van der Waals surface area contributed by atoms with Crippen LogP contribution in [0.1, 0.15) is 33.6 Å². The number of rotatable bonds is 3. The number of urea groups is 1. The molecule has 1 heterocycles. The molecule has 0 aliphatic carbocycles. The van der Waals surface area contributed by atoms with Crippen LogP contribution in [0.5, 0.6) is 0 Å². The standard InChI is InChI=1S/C12H22N2O3/c1-4-10(11(15)16)13-12(17)14-6-8(2)5-9(3)7-14/h8-10H,4-7H2,1-3H3,(H,13,17)(H,15,16). The van der Waals surface area contributed by atoms with Gasteiger partial charge in [0.2, 0.25) is 0 Å². The van der Waals surface area contributed by atoms with Crippen LogP contribution in [0.3, 0.4) is 0 Å². The molecule has 0 aromatic rings. The van der Waals surface area contributed by atoms with E-state index in [4.69, 9.17) is 5.11 Å². The summed E-state index contributed by atoms with van der Waals surface area (Å²) in [6, 6.07) is -1.03. The van der Waals surface area contributed by atoms with Gasteiger partial charge in [0.05, 0.1) is 0 Å². The third-order valence-corrected chi connectivity index (χ3v) is 3.16. The topological polar surface area (TPSA) is 69.6 Å². The van der Waals surface area contributed by atoms with Crippen LogP contribution in [0.25, 0.3) is 0 Å². The number of aliphatic carboxylic acids is 1. The number of nitrogens with zero attached hydrogens (tertiary/aromatic N) is 1. The molecule has 1 fully saturated rings. The molecule has 2 amide bonds. The average molecular weight is 242 g/mol. The van der Waals surface area contributed by atoms with Crippen molar-refractivity contribution in [2.24, 2.45) is 11.8 Å². The fraction of sp³-hybridized carbons (Fsp3) is 0.833. The van der Waals surface area contributed by atoms with Gasteiger partial charge in [-0.15, -0.1) is 0 Å². The van der Waals surface area contributed by atoms with Crippen LogP contribution in [0.15, 0.2) is 0 Å². The second-order valence-corrected chi connectivity index (χ2v) is 5.10. The zero-order valence-electron chi connectivity index (χ0n) is 10.8. The highest BCUT2D eigenvalue weighted by Gasteiger charge is 2.27. The summed E-state index contributed by atoms with van der Waals surface area (Å²) in [6.07, 6.45) is 1.53. The molecule has 5 nitrogen and oxygen atoms in total. The number of carbonyl (C=O) groups excluding carboxylic acids is 1. The number of likely N-dealkylation sites (tertiary alicyclic amines) is 1. The Morgan fingerprint density at radius 1 is 1.35 bits per heavy atom. The second-order valence-electron chi connectivity index (χ2n) is 5.10. The molecule has 0 bridgehead atoms. The lowest BCUT2D eigenvalue weighted by atomic mass is 9.92. The van der Waals surface area contributed by atoms with Gasteiger partial charge in [-0.3, -0.25) is 0 Å². The van der Waals surface area contributed by atoms with Crippen molar-refractivity contribution in [3.05, 3.63) is 0 Å². The average Bonchev–Trinajstić information content (AvgIpc) is 2.23. The lowest BCUT2D eigenvalue weighted by Gasteiger charge is -2.35. The lowest BCUT2D eigenvalue weighted by molar-refractivity contribution is -0.139. The maximum absolute atomic E-state index is 11.9. The van der Waals surface area contributed by atoms with Crippen molar-refractivity contribution >= 4 is 12.0 Å². The monoisotopic (exact) mass is 242 g/mol. The Hall–Kier alpha value is -1.26. The van der Waals surface area contributed by atoms with E-state index >= 15 is 0 Å². The summed E-state index contributed by atoms with van der Waals surface area (Å²) >= 11 is 0. The van der Waals surface area contributed by atoms with Crippen molar-refractivity contribution in [3.8, 4) is 0 Å². The molecule has 1 saturated heterocycles. The van der Waals surface area contributed by atoms with E-state index in [-0.39, 0.29) is 6.03 Å². The van der Waals surface area contributed by atoms with E-state index < -0.39 is 12.0 Å². The summed E-state index contributed by atoms with van der Waals surface area (Å²) in [5, 5.41) is 11.5. The number of hydrogen-bond donors (Lipinski definition) is 2. The minimum atomic E-state index is -0.973. The van der Waals surface area contributed by atoms with Crippen molar-refractivity contribution in [1.29, 1.82) is 0 Å². The quantitative estimate of drug-likeness (QED) is 0.788. The Bertz CT molecular complexity index is 283. The Morgan fingerprint density at radius 3 is 2.29 bits per heavy atom. The third-order valence-electron chi connectivity index (χ3n) is 3.16. The van der Waals surface area contributed by atoms with Gasteiger partial charge in [0, 0.05) is 13.1 Å². The van der Waals surface area contributed by atoms with Crippen molar-refractivity contribution in [2.45, 2.75) is 39.7 Å². The highest BCUT2D eigenvalue weighted by Crippen LogP contribution is 2.20. The van der Waals surface area contributed by atoms with E-state index in [9.17, 15) is 9.59 Å². The van der Waals surface area contributed by atoms with Crippen LogP contribution in [0.2, 0.25) is 0 Å². The molecule has 0 saturated carbocycles. The predicted octanol–water partition coefficient (Wildman–Crippen LogP) is 1.54. The minimum Gasteiger partial charge on any atom is -0.480 e. The molecule has 5 heteroatoms. The number of hydrogen-bond acceptors (Lipinski definition) is 2. The molecule has 3 unspecified atom stereocenters. The molecule has 1 aliphatic heterocycles. The van der Waals surface area contributed by atoms with Gasteiger partial charge in [0.25, 0.3) is 0 Å². The van der Waals surface area contributed by atoms with Crippen LogP contribution < -0.4 is 5.32 Å². The zero-order chi connectivity index (χ0) is 13.0. The van der Waals surface area contributed by atoms with Crippen molar-refractivity contribution < 1.29 is 14.7 Å². The molecular weight excluding hydrogens is 220 g/mol.